The van der Waals surface area contributed by atoms with Crippen LogP contribution in [0.4, 0.5) is 10.5 Å². The standard InChI is InChI=1S/C11H14N4O4/c1-7-2-3-8(4-13-7)14-11(19)15(5-9(12)16)6-10(17)18/h2-4H,5-6H2,1H3,(H2,12,16)(H,14,19)(H,17,18). The lowest BCUT2D eigenvalue weighted by atomic mass is 10.3. The summed E-state index contributed by atoms with van der Waals surface area (Å²) in [5.74, 6) is -2.03. The van der Waals surface area contributed by atoms with Crippen LogP contribution < -0.4 is 11.1 Å². The molecule has 0 aliphatic carbocycles. The smallest absolute Gasteiger partial charge is 0.323 e. The van der Waals surface area contributed by atoms with Crippen LogP contribution in [0.15, 0.2) is 18.3 Å². The molecule has 8 nitrogen and oxygen atoms in total. The number of amides is 3. The number of nitrogens with zero attached hydrogens (tertiary/aromatic N) is 2. The van der Waals surface area contributed by atoms with Crippen molar-refractivity contribution in [3.05, 3.63) is 24.0 Å². The minimum absolute atomic E-state index is 0.399. The van der Waals surface area contributed by atoms with Crippen molar-refractivity contribution in [3.63, 3.8) is 0 Å². The molecule has 0 aliphatic heterocycles. The van der Waals surface area contributed by atoms with Gasteiger partial charge in [0.05, 0.1) is 11.9 Å². The average Bonchev–Trinajstić information content (AvgIpc) is 2.30. The summed E-state index contributed by atoms with van der Waals surface area (Å²) in [6.07, 6.45) is 1.43. The molecule has 102 valence electrons. The molecule has 1 heterocycles. The molecular formula is C11H14N4O4. The topological polar surface area (TPSA) is 126 Å². The summed E-state index contributed by atoms with van der Waals surface area (Å²) >= 11 is 0. The first kappa shape index (κ1) is 14.4. The van der Waals surface area contributed by atoms with E-state index in [0.29, 0.717) is 5.69 Å². The monoisotopic (exact) mass is 266 g/mol. The number of anilines is 1. The van der Waals surface area contributed by atoms with Gasteiger partial charge in [-0.05, 0) is 19.1 Å². The van der Waals surface area contributed by atoms with Crippen LogP contribution in [0.5, 0.6) is 0 Å². The lowest BCUT2D eigenvalue weighted by molar-refractivity contribution is -0.137. The molecule has 0 saturated carbocycles. The van der Waals surface area contributed by atoms with E-state index >= 15 is 0 Å². The minimum atomic E-state index is -1.24. The second-order valence-corrected chi connectivity index (χ2v) is 3.83. The molecule has 0 atom stereocenters. The fourth-order valence-corrected chi connectivity index (χ4v) is 1.30. The van der Waals surface area contributed by atoms with Gasteiger partial charge in [0.1, 0.15) is 13.1 Å². The Bertz CT molecular complexity index is 470. The Balaban J connectivity index is 2.73. The molecule has 0 saturated heterocycles. The third kappa shape index (κ3) is 5.02. The number of urea groups is 1. The van der Waals surface area contributed by atoms with Crippen molar-refractivity contribution in [2.24, 2.45) is 5.73 Å². The molecule has 0 aliphatic rings. The molecule has 1 rings (SSSR count). The van der Waals surface area contributed by atoms with E-state index in [2.05, 4.69) is 10.3 Å². The predicted molar refractivity (Wildman–Crippen MR) is 66.4 cm³/mol. The highest BCUT2D eigenvalue weighted by molar-refractivity contribution is 5.93. The van der Waals surface area contributed by atoms with E-state index < -0.39 is 31.0 Å². The number of carbonyl (C=O) groups is 3. The average molecular weight is 266 g/mol. The first-order valence-corrected chi connectivity index (χ1v) is 5.37. The van der Waals surface area contributed by atoms with Crippen LogP contribution in [0.3, 0.4) is 0 Å². The first-order chi connectivity index (χ1) is 8.88. The number of primary amides is 1. The van der Waals surface area contributed by atoms with Gasteiger partial charge < -0.3 is 21.1 Å². The molecule has 1 aromatic heterocycles. The van der Waals surface area contributed by atoms with Crippen molar-refractivity contribution in [1.82, 2.24) is 9.88 Å². The molecule has 4 N–H and O–H groups in total. The number of aryl methyl sites for hydroxylation is 1. The van der Waals surface area contributed by atoms with Crippen LogP contribution in [0.2, 0.25) is 0 Å². The predicted octanol–water partition coefficient (Wildman–Crippen LogP) is -0.206. The fourth-order valence-electron chi connectivity index (χ4n) is 1.30. The van der Waals surface area contributed by atoms with E-state index in [9.17, 15) is 14.4 Å². The van der Waals surface area contributed by atoms with E-state index in [-0.39, 0.29) is 0 Å². The number of hydrogen-bond donors (Lipinski definition) is 3. The lowest BCUT2D eigenvalue weighted by Crippen LogP contribution is -2.43. The van der Waals surface area contributed by atoms with Gasteiger partial charge >= 0.3 is 12.0 Å². The SMILES string of the molecule is Cc1ccc(NC(=O)N(CC(N)=O)CC(=O)O)cn1. The van der Waals surface area contributed by atoms with Crippen molar-refractivity contribution in [1.29, 1.82) is 0 Å². The second kappa shape index (κ2) is 6.34. The van der Waals surface area contributed by atoms with Gasteiger partial charge in [0, 0.05) is 5.69 Å². The van der Waals surface area contributed by atoms with Gasteiger partial charge in [0.15, 0.2) is 0 Å². The van der Waals surface area contributed by atoms with Crippen LogP contribution >= 0.6 is 0 Å². The van der Waals surface area contributed by atoms with Gasteiger partial charge in [-0.15, -0.1) is 0 Å². The highest BCUT2D eigenvalue weighted by atomic mass is 16.4. The molecular weight excluding hydrogens is 252 g/mol. The summed E-state index contributed by atoms with van der Waals surface area (Å²) < 4.78 is 0. The number of aliphatic carboxylic acids is 1. The second-order valence-electron chi connectivity index (χ2n) is 3.83. The zero-order valence-corrected chi connectivity index (χ0v) is 10.3. The Kier molecular flexibility index (Phi) is 4.81. The number of carboxylic acid groups (broad SMARTS) is 1. The van der Waals surface area contributed by atoms with E-state index in [1.807, 2.05) is 0 Å². The summed E-state index contributed by atoms with van der Waals surface area (Å²) in [6.45, 7) is 0.695. The number of aromatic nitrogens is 1. The summed E-state index contributed by atoms with van der Waals surface area (Å²) in [7, 11) is 0. The molecule has 0 bridgehead atoms. The van der Waals surface area contributed by atoms with Crippen molar-refractivity contribution in [2.45, 2.75) is 6.92 Å². The van der Waals surface area contributed by atoms with Gasteiger partial charge in [0.2, 0.25) is 5.91 Å². The minimum Gasteiger partial charge on any atom is -0.480 e. The van der Waals surface area contributed by atoms with E-state index in [1.54, 1.807) is 19.1 Å². The third-order valence-electron chi connectivity index (χ3n) is 2.12. The van der Waals surface area contributed by atoms with Crippen molar-refractivity contribution in [3.8, 4) is 0 Å². The Labute approximate surface area is 109 Å². The molecule has 0 aromatic carbocycles. The van der Waals surface area contributed by atoms with Crippen LogP contribution in [-0.4, -0.2) is 46.0 Å². The number of hydrogen-bond acceptors (Lipinski definition) is 4. The number of nitrogens with one attached hydrogen (secondary N) is 1. The lowest BCUT2D eigenvalue weighted by Gasteiger charge is -2.19. The zero-order chi connectivity index (χ0) is 14.4. The maximum Gasteiger partial charge on any atom is 0.323 e. The Hall–Kier alpha value is -2.64. The highest BCUT2D eigenvalue weighted by Gasteiger charge is 2.18. The van der Waals surface area contributed by atoms with E-state index in [1.165, 1.54) is 6.20 Å². The van der Waals surface area contributed by atoms with Crippen LogP contribution in [0.1, 0.15) is 5.69 Å². The van der Waals surface area contributed by atoms with Crippen molar-refractivity contribution >= 4 is 23.6 Å². The maximum absolute atomic E-state index is 11.8. The first-order valence-electron chi connectivity index (χ1n) is 5.37. The van der Waals surface area contributed by atoms with Gasteiger partial charge in [-0.3, -0.25) is 14.6 Å². The van der Waals surface area contributed by atoms with Crippen LogP contribution in [0, 0.1) is 6.92 Å². The quantitative estimate of drug-likeness (QED) is 0.680. The maximum atomic E-state index is 11.8. The molecule has 0 spiro atoms. The Morgan fingerprint density at radius 2 is 2.05 bits per heavy atom. The van der Waals surface area contributed by atoms with Gasteiger partial charge in [-0.1, -0.05) is 0 Å². The summed E-state index contributed by atoms with van der Waals surface area (Å²) in [5.41, 5.74) is 6.13. The molecule has 19 heavy (non-hydrogen) atoms. The zero-order valence-electron chi connectivity index (χ0n) is 10.3. The number of carboxylic acids is 1. The number of nitrogens with two attached hydrogens (primary N) is 1. The van der Waals surface area contributed by atoms with Gasteiger partial charge in [-0.2, -0.15) is 0 Å². The Morgan fingerprint density at radius 1 is 1.37 bits per heavy atom. The molecule has 0 fully saturated rings. The van der Waals surface area contributed by atoms with Crippen LogP contribution in [0.25, 0.3) is 0 Å². The van der Waals surface area contributed by atoms with E-state index in [0.717, 1.165) is 10.6 Å². The normalized spacial score (nSPS) is 9.74. The number of rotatable bonds is 5. The van der Waals surface area contributed by atoms with Crippen molar-refractivity contribution in [2.75, 3.05) is 18.4 Å². The van der Waals surface area contributed by atoms with Gasteiger partial charge in [-0.25, -0.2) is 4.79 Å². The summed E-state index contributed by atoms with van der Waals surface area (Å²) in [5, 5.41) is 11.1. The Morgan fingerprint density at radius 3 is 2.53 bits per heavy atom. The summed E-state index contributed by atoms with van der Waals surface area (Å²) in [6, 6.07) is 2.57. The van der Waals surface area contributed by atoms with Crippen molar-refractivity contribution < 1.29 is 19.5 Å². The molecule has 0 radical (unpaired) electrons. The largest absolute Gasteiger partial charge is 0.480 e. The molecule has 3 amide bonds. The fraction of sp³-hybridized carbons (Fsp3) is 0.273. The molecule has 8 heteroatoms. The third-order valence-corrected chi connectivity index (χ3v) is 2.12. The van der Waals surface area contributed by atoms with Crippen LogP contribution in [-0.2, 0) is 9.59 Å². The van der Waals surface area contributed by atoms with Gasteiger partial charge in [0.25, 0.3) is 0 Å². The molecule has 1 aromatic rings. The number of pyridine rings is 1. The number of carbonyl (C=O) groups excluding carboxylic acids is 2. The van der Waals surface area contributed by atoms with E-state index in [4.69, 9.17) is 10.8 Å². The highest BCUT2D eigenvalue weighted by Crippen LogP contribution is 2.06. The summed E-state index contributed by atoms with van der Waals surface area (Å²) in [4.78, 5) is 37.9. The molecule has 0 unspecified atom stereocenters.